The van der Waals surface area contributed by atoms with E-state index in [0.29, 0.717) is 0 Å². The smallest absolute Gasteiger partial charge is 0.00186 e. The number of hydrogen-bond donors (Lipinski definition) is 0. The fourth-order valence-electron chi connectivity index (χ4n) is 3.53. The van der Waals surface area contributed by atoms with E-state index in [-0.39, 0.29) is 0 Å². The van der Waals surface area contributed by atoms with Crippen LogP contribution in [0.3, 0.4) is 0 Å². The number of hydrogen-bond acceptors (Lipinski definition) is 1. The van der Waals surface area contributed by atoms with Crippen molar-refractivity contribution in [1.29, 1.82) is 0 Å². The van der Waals surface area contributed by atoms with Gasteiger partial charge in [-0.25, -0.2) is 0 Å². The van der Waals surface area contributed by atoms with Gasteiger partial charge in [0.05, 0.1) is 0 Å². The summed E-state index contributed by atoms with van der Waals surface area (Å²) in [6.07, 6.45) is 9.47. The molecule has 1 nitrogen and oxygen atoms in total. The summed E-state index contributed by atoms with van der Waals surface area (Å²) in [7, 11) is 0. The monoisotopic (exact) mass is 273 g/mol. The number of aryl methyl sites for hydroxylation is 1. The summed E-state index contributed by atoms with van der Waals surface area (Å²) in [5.74, 6) is 0.824. The molecule has 1 atom stereocenters. The van der Waals surface area contributed by atoms with Gasteiger partial charge in [0, 0.05) is 0 Å². The van der Waals surface area contributed by atoms with E-state index in [1.807, 2.05) is 0 Å². The lowest BCUT2D eigenvalue weighted by Gasteiger charge is -2.27. The van der Waals surface area contributed by atoms with Gasteiger partial charge < -0.3 is 4.90 Å². The van der Waals surface area contributed by atoms with Gasteiger partial charge in [0.15, 0.2) is 0 Å². The normalized spacial score (nSPS) is 18.2. The SMILES string of the molecule is CCCCN(CC)CCC[C@@H]1CCCc2ccccc21. The summed E-state index contributed by atoms with van der Waals surface area (Å²) in [6, 6.07) is 9.12. The molecule has 1 aromatic rings. The van der Waals surface area contributed by atoms with Crippen molar-refractivity contribution in [2.24, 2.45) is 0 Å². The van der Waals surface area contributed by atoms with Crippen molar-refractivity contribution in [1.82, 2.24) is 4.90 Å². The van der Waals surface area contributed by atoms with Crippen LogP contribution in [-0.2, 0) is 6.42 Å². The molecule has 0 heterocycles. The van der Waals surface area contributed by atoms with Crippen LogP contribution in [0.2, 0.25) is 0 Å². The highest BCUT2D eigenvalue weighted by Crippen LogP contribution is 2.34. The van der Waals surface area contributed by atoms with Crippen LogP contribution in [0.15, 0.2) is 24.3 Å². The molecule has 1 heteroatoms. The molecule has 0 bridgehead atoms. The molecule has 0 unspecified atom stereocenters. The maximum absolute atomic E-state index is 2.62. The van der Waals surface area contributed by atoms with Crippen LogP contribution in [0.5, 0.6) is 0 Å². The highest BCUT2D eigenvalue weighted by molar-refractivity contribution is 5.32. The summed E-state index contributed by atoms with van der Waals surface area (Å²) in [6.45, 7) is 8.36. The van der Waals surface area contributed by atoms with E-state index < -0.39 is 0 Å². The van der Waals surface area contributed by atoms with Crippen LogP contribution in [0.1, 0.15) is 69.4 Å². The standard InChI is InChI=1S/C19H31N/c1-3-5-15-20(4-2)16-9-13-18-12-8-11-17-10-6-7-14-19(17)18/h6-7,10,14,18H,3-5,8-9,11-13,15-16H2,1-2H3/t18-/m0/s1. The van der Waals surface area contributed by atoms with Gasteiger partial charge in [-0.15, -0.1) is 0 Å². The first-order valence-electron chi connectivity index (χ1n) is 8.65. The summed E-state index contributed by atoms with van der Waals surface area (Å²) in [4.78, 5) is 2.62. The second-order valence-electron chi connectivity index (χ2n) is 6.22. The molecule has 0 aliphatic heterocycles. The van der Waals surface area contributed by atoms with Crippen molar-refractivity contribution in [2.45, 2.75) is 64.7 Å². The van der Waals surface area contributed by atoms with Crippen LogP contribution in [0.4, 0.5) is 0 Å². The maximum atomic E-state index is 2.62. The molecule has 0 fully saturated rings. The Balaban J connectivity index is 1.80. The van der Waals surface area contributed by atoms with Gasteiger partial charge in [0.2, 0.25) is 0 Å². The molecular weight excluding hydrogens is 242 g/mol. The topological polar surface area (TPSA) is 3.24 Å². The van der Waals surface area contributed by atoms with E-state index in [9.17, 15) is 0 Å². The van der Waals surface area contributed by atoms with Gasteiger partial charge in [0.1, 0.15) is 0 Å². The largest absolute Gasteiger partial charge is 0.304 e. The zero-order chi connectivity index (χ0) is 14.2. The molecule has 0 aromatic heterocycles. The third kappa shape index (κ3) is 4.34. The van der Waals surface area contributed by atoms with Gasteiger partial charge in [-0.2, -0.15) is 0 Å². The molecule has 0 saturated carbocycles. The van der Waals surface area contributed by atoms with Crippen LogP contribution < -0.4 is 0 Å². The van der Waals surface area contributed by atoms with E-state index in [1.54, 1.807) is 11.1 Å². The fraction of sp³-hybridized carbons (Fsp3) is 0.684. The number of unbranched alkanes of at least 4 members (excludes halogenated alkanes) is 1. The Kier molecular flexibility index (Phi) is 6.59. The summed E-state index contributed by atoms with van der Waals surface area (Å²) < 4.78 is 0. The summed E-state index contributed by atoms with van der Waals surface area (Å²) >= 11 is 0. The van der Waals surface area contributed by atoms with E-state index in [2.05, 4.69) is 43.0 Å². The van der Waals surface area contributed by atoms with Gasteiger partial charge >= 0.3 is 0 Å². The van der Waals surface area contributed by atoms with E-state index in [1.165, 1.54) is 64.6 Å². The minimum absolute atomic E-state index is 0.824. The van der Waals surface area contributed by atoms with E-state index in [0.717, 1.165) is 5.92 Å². The number of fused-ring (bicyclic) bond motifs is 1. The van der Waals surface area contributed by atoms with E-state index >= 15 is 0 Å². The molecule has 0 spiro atoms. The highest BCUT2D eigenvalue weighted by atomic mass is 15.1. The van der Waals surface area contributed by atoms with Gasteiger partial charge in [-0.05, 0) is 75.2 Å². The zero-order valence-corrected chi connectivity index (χ0v) is 13.4. The van der Waals surface area contributed by atoms with Crippen LogP contribution in [0, 0.1) is 0 Å². The zero-order valence-electron chi connectivity index (χ0n) is 13.4. The van der Waals surface area contributed by atoms with Crippen molar-refractivity contribution in [3.8, 4) is 0 Å². The van der Waals surface area contributed by atoms with Gasteiger partial charge in [0.25, 0.3) is 0 Å². The predicted octanol–water partition coefficient (Wildman–Crippen LogP) is 5.01. The Morgan fingerprint density at radius 2 is 1.90 bits per heavy atom. The molecule has 1 aliphatic rings. The molecular formula is C19H31N. The Hall–Kier alpha value is -0.820. The lowest BCUT2D eigenvalue weighted by Crippen LogP contribution is -2.26. The maximum Gasteiger partial charge on any atom is -0.00186 e. The first kappa shape index (κ1) is 15.6. The third-order valence-electron chi connectivity index (χ3n) is 4.80. The average Bonchev–Trinajstić information content (AvgIpc) is 2.51. The number of rotatable bonds is 8. The lowest BCUT2D eigenvalue weighted by atomic mass is 9.80. The van der Waals surface area contributed by atoms with Crippen LogP contribution in [-0.4, -0.2) is 24.5 Å². The fourth-order valence-corrected chi connectivity index (χ4v) is 3.53. The van der Waals surface area contributed by atoms with Crippen molar-refractivity contribution in [3.63, 3.8) is 0 Å². The second kappa shape index (κ2) is 8.46. The molecule has 20 heavy (non-hydrogen) atoms. The summed E-state index contributed by atoms with van der Waals surface area (Å²) in [5.41, 5.74) is 3.26. The second-order valence-corrected chi connectivity index (χ2v) is 6.22. The molecule has 0 radical (unpaired) electrons. The Labute approximate surface area is 125 Å². The first-order valence-corrected chi connectivity index (χ1v) is 8.65. The van der Waals surface area contributed by atoms with Crippen molar-refractivity contribution < 1.29 is 0 Å². The van der Waals surface area contributed by atoms with E-state index in [4.69, 9.17) is 0 Å². The van der Waals surface area contributed by atoms with Crippen molar-refractivity contribution in [3.05, 3.63) is 35.4 Å². The van der Waals surface area contributed by atoms with Crippen molar-refractivity contribution in [2.75, 3.05) is 19.6 Å². The predicted molar refractivity (Wildman–Crippen MR) is 88.4 cm³/mol. The lowest BCUT2D eigenvalue weighted by molar-refractivity contribution is 0.272. The van der Waals surface area contributed by atoms with Crippen LogP contribution >= 0.6 is 0 Å². The Bertz CT molecular complexity index is 385. The molecule has 2 rings (SSSR count). The number of nitrogens with zero attached hydrogens (tertiary/aromatic N) is 1. The minimum Gasteiger partial charge on any atom is -0.304 e. The number of benzene rings is 1. The molecule has 0 N–H and O–H groups in total. The third-order valence-corrected chi connectivity index (χ3v) is 4.80. The molecule has 1 aromatic carbocycles. The van der Waals surface area contributed by atoms with Crippen LogP contribution in [0.25, 0.3) is 0 Å². The van der Waals surface area contributed by atoms with Gasteiger partial charge in [-0.3, -0.25) is 0 Å². The summed E-state index contributed by atoms with van der Waals surface area (Å²) in [5, 5.41) is 0. The highest BCUT2D eigenvalue weighted by Gasteiger charge is 2.19. The average molecular weight is 273 g/mol. The molecule has 0 amide bonds. The van der Waals surface area contributed by atoms with Gasteiger partial charge in [-0.1, -0.05) is 44.5 Å². The van der Waals surface area contributed by atoms with Crippen molar-refractivity contribution >= 4 is 0 Å². The Morgan fingerprint density at radius 3 is 2.70 bits per heavy atom. The molecule has 112 valence electrons. The minimum atomic E-state index is 0.824. The molecule has 1 aliphatic carbocycles. The first-order chi connectivity index (χ1) is 9.85. The Morgan fingerprint density at radius 1 is 1.10 bits per heavy atom. The molecule has 0 saturated heterocycles. The quantitative estimate of drug-likeness (QED) is 0.643.